The SMILES string of the molecule is C=C(CCCCCCCCCCCCCCCCCCCCCCCCCCCCC)CC(CCCCCCCCCCCCCCCCCCCCCC)CCCCCCCCCCCCCCCCCCCCCCC. The quantitative estimate of drug-likeness (QED) is 0.0421. The van der Waals surface area contributed by atoms with Crippen LogP contribution in [0, 0.1) is 5.92 Å². The highest BCUT2D eigenvalue weighted by atomic mass is 14.2. The van der Waals surface area contributed by atoms with Gasteiger partial charge in [0, 0.05) is 0 Å². The number of hydrogen-bond acceptors (Lipinski definition) is 0. The summed E-state index contributed by atoms with van der Waals surface area (Å²) in [5.74, 6) is 0.905. The molecule has 0 aromatic rings. The van der Waals surface area contributed by atoms with Crippen LogP contribution in [0.15, 0.2) is 12.2 Å². The summed E-state index contributed by atoms with van der Waals surface area (Å²) in [5, 5.41) is 0. The first kappa shape index (κ1) is 77.7. The molecule has 78 heavy (non-hydrogen) atoms. The van der Waals surface area contributed by atoms with Gasteiger partial charge in [-0.25, -0.2) is 0 Å². The molecule has 0 aromatic carbocycles. The van der Waals surface area contributed by atoms with Gasteiger partial charge in [0.1, 0.15) is 0 Å². The summed E-state index contributed by atoms with van der Waals surface area (Å²) in [6.07, 6.45) is 106. The fourth-order valence-corrected chi connectivity index (χ4v) is 13.3. The molecule has 0 amide bonds. The molecule has 0 saturated carbocycles. The zero-order valence-corrected chi connectivity index (χ0v) is 55.7. The summed E-state index contributed by atoms with van der Waals surface area (Å²) in [6.45, 7) is 11.7. The van der Waals surface area contributed by atoms with Crippen molar-refractivity contribution in [3.8, 4) is 0 Å². The van der Waals surface area contributed by atoms with Crippen LogP contribution in [0.25, 0.3) is 0 Å². The van der Waals surface area contributed by atoms with Gasteiger partial charge < -0.3 is 0 Å². The molecule has 0 aliphatic heterocycles. The standard InChI is InChI=1S/C78H156/c1-5-8-11-14-17-20-23-26-29-32-35-38-39-40-41-42-43-45-46-49-52-55-58-61-64-67-70-73-77(4)76-78(74-71-68-65-62-59-56-53-50-47-37-34-31-28-25-22-19-16-13-10-7-3)75-72-69-66-63-60-57-54-51-48-44-36-33-30-27-24-21-18-15-12-9-6-2/h78H,4-76H2,1-3H3. The lowest BCUT2D eigenvalue weighted by Crippen LogP contribution is -2.03. The lowest BCUT2D eigenvalue weighted by Gasteiger charge is -2.19. The minimum Gasteiger partial charge on any atom is -0.0999 e. The first-order chi connectivity index (χ1) is 38.7. The predicted octanol–water partition coefficient (Wildman–Crippen LogP) is 30.3. The minimum absolute atomic E-state index is 0.905. The van der Waals surface area contributed by atoms with Gasteiger partial charge in [-0.15, -0.1) is 0 Å². The normalized spacial score (nSPS) is 12.1. The molecule has 0 heterocycles. The molecule has 0 N–H and O–H groups in total. The van der Waals surface area contributed by atoms with E-state index in [1.54, 1.807) is 5.57 Å². The maximum atomic E-state index is 4.70. The van der Waals surface area contributed by atoms with Gasteiger partial charge in [0.2, 0.25) is 0 Å². The molecule has 1 unspecified atom stereocenters. The smallest absolute Gasteiger partial charge is 0.0294 e. The summed E-state index contributed by atoms with van der Waals surface area (Å²) in [5.41, 5.74) is 1.59. The molecule has 0 saturated heterocycles. The number of allylic oxidation sites excluding steroid dienone is 1. The number of rotatable bonds is 73. The van der Waals surface area contributed by atoms with Crippen molar-refractivity contribution in [1.82, 2.24) is 0 Å². The average Bonchev–Trinajstić information content (AvgIpc) is 3.44. The van der Waals surface area contributed by atoms with Crippen molar-refractivity contribution in [2.24, 2.45) is 5.92 Å². The Balaban J connectivity index is 4.04. The molecule has 1 atom stereocenters. The van der Waals surface area contributed by atoms with E-state index in [4.69, 9.17) is 6.58 Å². The second-order valence-electron chi connectivity index (χ2n) is 27.1. The van der Waals surface area contributed by atoms with Gasteiger partial charge in [0.15, 0.2) is 0 Å². The molecule has 0 aromatic heterocycles. The molecule has 0 fully saturated rings. The molecular formula is C78H156. The van der Waals surface area contributed by atoms with E-state index in [0.29, 0.717) is 0 Å². The second kappa shape index (κ2) is 72.8. The maximum absolute atomic E-state index is 4.70. The Kier molecular flexibility index (Phi) is 72.6. The fraction of sp³-hybridized carbons (Fsp3) is 0.974. The third-order valence-electron chi connectivity index (χ3n) is 18.9. The van der Waals surface area contributed by atoms with E-state index < -0.39 is 0 Å². The molecule has 0 bridgehead atoms. The molecule has 0 aliphatic carbocycles. The summed E-state index contributed by atoms with van der Waals surface area (Å²) in [7, 11) is 0. The van der Waals surface area contributed by atoms with E-state index in [2.05, 4.69) is 20.8 Å². The van der Waals surface area contributed by atoms with E-state index >= 15 is 0 Å². The molecule has 0 spiro atoms. The number of unbranched alkanes of at least 4 members (excludes halogenated alkanes) is 65. The van der Waals surface area contributed by atoms with Gasteiger partial charge in [-0.1, -0.05) is 476 Å². The third kappa shape index (κ3) is 70.0. The Bertz CT molecular complexity index is 1020. The highest BCUT2D eigenvalue weighted by molar-refractivity contribution is 4.95. The first-order valence-electron chi connectivity index (χ1n) is 38.4. The van der Waals surface area contributed by atoms with Crippen LogP contribution in [0.5, 0.6) is 0 Å². The lowest BCUT2D eigenvalue weighted by atomic mass is 9.87. The first-order valence-corrected chi connectivity index (χ1v) is 38.4. The summed E-state index contributed by atoms with van der Waals surface area (Å²) in [4.78, 5) is 0. The Morgan fingerprint density at radius 1 is 0.179 bits per heavy atom. The van der Waals surface area contributed by atoms with Crippen molar-refractivity contribution >= 4 is 0 Å². The van der Waals surface area contributed by atoms with Crippen molar-refractivity contribution in [2.75, 3.05) is 0 Å². The van der Waals surface area contributed by atoms with Crippen LogP contribution >= 0.6 is 0 Å². The lowest BCUT2D eigenvalue weighted by molar-refractivity contribution is 0.395. The van der Waals surface area contributed by atoms with Crippen LogP contribution in [-0.4, -0.2) is 0 Å². The van der Waals surface area contributed by atoms with Crippen LogP contribution in [0.3, 0.4) is 0 Å². The number of hydrogen-bond donors (Lipinski definition) is 0. The van der Waals surface area contributed by atoms with Gasteiger partial charge >= 0.3 is 0 Å². The Labute approximate surface area is 498 Å². The van der Waals surface area contributed by atoms with E-state index in [9.17, 15) is 0 Å². The zero-order valence-electron chi connectivity index (χ0n) is 55.7. The highest BCUT2D eigenvalue weighted by Crippen LogP contribution is 2.28. The van der Waals surface area contributed by atoms with E-state index in [0.717, 1.165) is 5.92 Å². The van der Waals surface area contributed by atoms with Crippen LogP contribution in [0.4, 0.5) is 0 Å². The Morgan fingerprint density at radius 2 is 0.308 bits per heavy atom. The summed E-state index contributed by atoms with van der Waals surface area (Å²) < 4.78 is 0. The topological polar surface area (TPSA) is 0 Å². The van der Waals surface area contributed by atoms with Gasteiger partial charge in [-0.05, 0) is 25.2 Å². The monoisotopic (exact) mass is 1090 g/mol. The zero-order chi connectivity index (χ0) is 56.1. The molecule has 0 rings (SSSR count). The van der Waals surface area contributed by atoms with Crippen molar-refractivity contribution in [3.05, 3.63) is 12.2 Å². The third-order valence-corrected chi connectivity index (χ3v) is 18.9. The Hall–Kier alpha value is -0.260. The average molecular weight is 1090 g/mol. The molecule has 0 nitrogen and oxygen atoms in total. The maximum Gasteiger partial charge on any atom is -0.0294 e. The summed E-state index contributed by atoms with van der Waals surface area (Å²) >= 11 is 0. The van der Waals surface area contributed by atoms with E-state index in [-0.39, 0.29) is 0 Å². The molecule has 0 heteroatoms. The van der Waals surface area contributed by atoms with Crippen LogP contribution in [-0.2, 0) is 0 Å². The molecule has 468 valence electrons. The van der Waals surface area contributed by atoms with Gasteiger partial charge in [0.05, 0.1) is 0 Å². The van der Waals surface area contributed by atoms with Crippen molar-refractivity contribution in [2.45, 2.75) is 483 Å². The van der Waals surface area contributed by atoms with E-state index in [1.807, 2.05) is 0 Å². The Morgan fingerprint density at radius 3 is 0.462 bits per heavy atom. The largest absolute Gasteiger partial charge is 0.0999 e. The van der Waals surface area contributed by atoms with Gasteiger partial charge in [0.25, 0.3) is 0 Å². The highest BCUT2D eigenvalue weighted by Gasteiger charge is 2.11. The summed E-state index contributed by atoms with van der Waals surface area (Å²) in [6, 6.07) is 0. The second-order valence-corrected chi connectivity index (χ2v) is 27.1. The van der Waals surface area contributed by atoms with Crippen LogP contribution in [0.2, 0.25) is 0 Å². The van der Waals surface area contributed by atoms with Crippen molar-refractivity contribution < 1.29 is 0 Å². The predicted molar refractivity (Wildman–Crippen MR) is 362 cm³/mol. The van der Waals surface area contributed by atoms with Crippen LogP contribution < -0.4 is 0 Å². The minimum atomic E-state index is 0.905. The van der Waals surface area contributed by atoms with Gasteiger partial charge in [-0.2, -0.15) is 0 Å². The molecular weight excluding hydrogens is 937 g/mol. The van der Waals surface area contributed by atoms with Crippen molar-refractivity contribution in [1.29, 1.82) is 0 Å². The van der Waals surface area contributed by atoms with Gasteiger partial charge in [-0.3, -0.25) is 0 Å². The van der Waals surface area contributed by atoms with Crippen LogP contribution in [0.1, 0.15) is 483 Å². The fourth-order valence-electron chi connectivity index (χ4n) is 13.3. The molecule has 0 radical (unpaired) electrons. The van der Waals surface area contributed by atoms with E-state index in [1.165, 1.54) is 462 Å². The van der Waals surface area contributed by atoms with Crippen molar-refractivity contribution in [3.63, 3.8) is 0 Å². The molecule has 0 aliphatic rings.